The molecule has 0 fully saturated rings. The fourth-order valence-electron chi connectivity index (χ4n) is 2.46. The molecule has 1 aromatic carbocycles. The quantitative estimate of drug-likeness (QED) is 0.836. The third kappa shape index (κ3) is 3.84. The highest BCUT2D eigenvalue weighted by atomic mass is 16.4. The smallest absolute Gasteiger partial charge is 0.310 e. The van der Waals surface area contributed by atoms with E-state index in [9.17, 15) is 14.7 Å². The number of carboxylic acids is 1. The lowest BCUT2D eigenvalue weighted by molar-refractivity contribution is -0.154. The zero-order valence-electron chi connectivity index (χ0n) is 13.3. The van der Waals surface area contributed by atoms with Crippen LogP contribution in [0.1, 0.15) is 51.6 Å². The Balaban J connectivity index is 2.85. The fraction of sp³-hybridized carbons (Fsp3) is 0.529. The number of aliphatic carboxylic acids is 1. The Labute approximate surface area is 126 Å². The lowest BCUT2D eigenvalue weighted by Gasteiger charge is -2.31. The molecule has 1 rings (SSSR count). The second-order valence-electron chi connectivity index (χ2n) is 5.56. The highest BCUT2D eigenvalue weighted by molar-refractivity contribution is 5.85. The van der Waals surface area contributed by atoms with Crippen LogP contribution in [0.4, 0.5) is 0 Å². The van der Waals surface area contributed by atoms with E-state index in [2.05, 4.69) is 0 Å². The van der Waals surface area contributed by atoms with E-state index < -0.39 is 11.4 Å². The average molecular weight is 291 g/mol. The number of benzene rings is 1. The molecule has 1 atom stereocenters. The molecule has 0 radical (unpaired) electrons. The summed E-state index contributed by atoms with van der Waals surface area (Å²) < 4.78 is 0. The number of nitrogens with zero attached hydrogens (tertiary/aromatic N) is 1. The van der Waals surface area contributed by atoms with Gasteiger partial charge in [0.15, 0.2) is 0 Å². The maximum Gasteiger partial charge on any atom is 0.310 e. The van der Waals surface area contributed by atoms with Crippen molar-refractivity contribution in [2.75, 3.05) is 7.05 Å². The number of amides is 1. The monoisotopic (exact) mass is 291 g/mol. The molecule has 0 aliphatic rings. The first-order valence-corrected chi connectivity index (χ1v) is 7.42. The normalized spacial score (nSPS) is 12.8. The molecule has 1 unspecified atom stereocenters. The standard InChI is InChI=1S/C17H25NO3/c1-5-17(6-2,16(20)21)12-15(19)18(4)13(3)14-10-8-7-9-11-14/h7-11,13H,5-6,12H2,1-4H3,(H,20,21). The van der Waals surface area contributed by atoms with Gasteiger partial charge in [-0.25, -0.2) is 0 Å². The minimum atomic E-state index is -0.957. The molecule has 0 aromatic heterocycles. The van der Waals surface area contributed by atoms with Gasteiger partial charge in [-0.05, 0) is 25.3 Å². The van der Waals surface area contributed by atoms with Crippen LogP contribution in [0.3, 0.4) is 0 Å². The number of hydrogen-bond donors (Lipinski definition) is 1. The van der Waals surface area contributed by atoms with E-state index in [0.717, 1.165) is 5.56 Å². The number of carboxylic acid groups (broad SMARTS) is 1. The van der Waals surface area contributed by atoms with E-state index in [4.69, 9.17) is 0 Å². The summed E-state index contributed by atoms with van der Waals surface area (Å²) in [5.74, 6) is -1.01. The Kier molecular flexibility index (Phi) is 5.94. The Bertz CT molecular complexity index is 480. The predicted molar refractivity (Wildman–Crippen MR) is 82.9 cm³/mol. The minimum absolute atomic E-state index is 0.0446. The Morgan fingerprint density at radius 3 is 2.14 bits per heavy atom. The molecule has 1 amide bonds. The third-order valence-electron chi connectivity index (χ3n) is 4.55. The summed E-state index contributed by atoms with van der Waals surface area (Å²) in [5.41, 5.74) is 0.0872. The number of rotatable bonds is 7. The Hall–Kier alpha value is -1.84. The molecule has 1 aromatic rings. The van der Waals surface area contributed by atoms with E-state index in [-0.39, 0.29) is 18.4 Å². The van der Waals surface area contributed by atoms with Gasteiger partial charge in [-0.2, -0.15) is 0 Å². The van der Waals surface area contributed by atoms with Crippen molar-refractivity contribution in [3.63, 3.8) is 0 Å². The van der Waals surface area contributed by atoms with Crippen LogP contribution in [0.15, 0.2) is 30.3 Å². The van der Waals surface area contributed by atoms with Gasteiger partial charge in [0.05, 0.1) is 11.5 Å². The summed E-state index contributed by atoms with van der Waals surface area (Å²) in [4.78, 5) is 25.6. The van der Waals surface area contributed by atoms with Crippen molar-refractivity contribution in [3.8, 4) is 0 Å². The van der Waals surface area contributed by atoms with E-state index in [1.807, 2.05) is 51.1 Å². The van der Waals surface area contributed by atoms with Crippen molar-refractivity contribution in [1.29, 1.82) is 0 Å². The van der Waals surface area contributed by atoms with Crippen LogP contribution in [-0.4, -0.2) is 28.9 Å². The van der Waals surface area contributed by atoms with Crippen molar-refractivity contribution < 1.29 is 14.7 Å². The van der Waals surface area contributed by atoms with E-state index in [1.54, 1.807) is 11.9 Å². The molecule has 116 valence electrons. The van der Waals surface area contributed by atoms with Crippen LogP contribution in [0.2, 0.25) is 0 Å². The SMILES string of the molecule is CCC(CC)(CC(=O)N(C)C(C)c1ccccc1)C(=O)O. The average Bonchev–Trinajstić information content (AvgIpc) is 2.51. The van der Waals surface area contributed by atoms with Crippen LogP contribution in [-0.2, 0) is 9.59 Å². The Morgan fingerprint density at radius 1 is 1.19 bits per heavy atom. The molecule has 0 saturated carbocycles. The third-order valence-corrected chi connectivity index (χ3v) is 4.55. The molecular formula is C17H25NO3. The Morgan fingerprint density at radius 2 is 1.71 bits per heavy atom. The van der Waals surface area contributed by atoms with E-state index >= 15 is 0 Å². The summed E-state index contributed by atoms with van der Waals surface area (Å²) >= 11 is 0. The van der Waals surface area contributed by atoms with Gasteiger partial charge in [0, 0.05) is 13.5 Å². The molecule has 0 saturated heterocycles. The molecule has 4 heteroatoms. The van der Waals surface area contributed by atoms with Gasteiger partial charge in [0.1, 0.15) is 0 Å². The van der Waals surface area contributed by atoms with Gasteiger partial charge in [0.25, 0.3) is 0 Å². The van der Waals surface area contributed by atoms with E-state index in [1.165, 1.54) is 0 Å². The number of carbonyl (C=O) groups excluding carboxylic acids is 1. The van der Waals surface area contributed by atoms with Crippen LogP contribution >= 0.6 is 0 Å². The molecule has 21 heavy (non-hydrogen) atoms. The zero-order valence-corrected chi connectivity index (χ0v) is 13.3. The first-order valence-electron chi connectivity index (χ1n) is 7.42. The maximum absolute atomic E-state index is 12.5. The van der Waals surface area contributed by atoms with Crippen LogP contribution < -0.4 is 0 Å². The highest BCUT2D eigenvalue weighted by Crippen LogP contribution is 2.32. The largest absolute Gasteiger partial charge is 0.481 e. The number of carbonyl (C=O) groups is 2. The van der Waals surface area contributed by atoms with Crippen LogP contribution in [0, 0.1) is 5.41 Å². The van der Waals surface area contributed by atoms with Crippen molar-refractivity contribution in [2.24, 2.45) is 5.41 Å². The molecule has 0 spiro atoms. The summed E-state index contributed by atoms with van der Waals surface area (Å²) in [7, 11) is 1.73. The molecule has 4 nitrogen and oxygen atoms in total. The van der Waals surface area contributed by atoms with Crippen molar-refractivity contribution in [2.45, 2.75) is 46.1 Å². The lowest BCUT2D eigenvalue weighted by Crippen LogP contribution is -2.38. The summed E-state index contributed by atoms with van der Waals surface area (Å²) in [6.45, 7) is 5.60. The summed E-state index contributed by atoms with van der Waals surface area (Å²) in [6.07, 6.45) is 0.958. The van der Waals surface area contributed by atoms with Crippen molar-refractivity contribution >= 4 is 11.9 Å². The summed E-state index contributed by atoms with van der Waals surface area (Å²) in [6, 6.07) is 9.67. The van der Waals surface area contributed by atoms with Gasteiger partial charge in [-0.3, -0.25) is 9.59 Å². The van der Waals surface area contributed by atoms with Gasteiger partial charge in [0.2, 0.25) is 5.91 Å². The van der Waals surface area contributed by atoms with Crippen LogP contribution in [0.25, 0.3) is 0 Å². The molecule has 0 heterocycles. The first-order chi connectivity index (χ1) is 9.88. The topological polar surface area (TPSA) is 57.6 Å². The zero-order chi connectivity index (χ0) is 16.0. The molecule has 0 aliphatic heterocycles. The maximum atomic E-state index is 12.5. The molecule has 0 aliphatic carbocycles. The van der Waals surface area contributed by atoms with Crippen molar-refractivity contribution in [1.82, 2.24) is 4.90 Å². The predicted octanol–water partition coefficient (Wildman–Crippen LogP) is 3.49. The fourth-order valence-corrected chi connectivity index (χ4v) is 2.46. The first kappa shape index (κ1) is 17.2. The number of hydrogen-bond acceptors (Lipinski definition) is 2. The molecule has 1 N–H and O–H groups in total. The van der Waals surface area contributed by atoms with Gasteiger partial charge in [-0.1, -0.05) is 44.2 Å². The second-order valence-corrected chi connectivity index (χ2v) is 5.56. The molecule has 0 bridgehead atoms. The molecular weight excluding hydrogens is 266 g/mol. The van der Waals surface area contributed by atoms with Crippen molar-refractivity contribution in [3.05, 3.63) is 35.9 Å². The lowest BCUT2D eigenvalue weighted by atomic mass is 9.79. The van der Waals surface area contributed by atoms with Gasteiger partial charge >= 0.3 is 5.97 Å². The van der Waals surface area contributed by atoms with Gasteiger partial charge < -0.3 is 10.0 Å². The minimum Gasteiger partial charge on any atom is -0.481 e. The second kappa shape index (κ2) is 7.25. The summed E-state index contributed by atoms with van der Waals surface area (Å²) in [5, 5.41) is 9.44. The van der Waals surface area contributed by atoms with E-state index in [0.29, 0.717) is 12.8 Å². The highest BCUT2D eigenvalue weighted by Gasteiger charge is 2.38. The van der Waals surface area contributed by atoms with Crippen LogP contribution in [0.5, 0.6) is 0 Å². The van der Waals surface area contributed by atoms with Gasteiger partial charge in [-0.15, -0.1) is 0 Å².